The fourth-order valence-corrected chi connectivity index (χ4v) is 3.73. The van der Waals surface area contributed by atoms with Crippen LogP contribution in [0, 0.1) is 19.7 Å². The van der Waals surface area contributed by atoms with E-state index in [2.05, 4.69) is 36.5 Å². The summed E-state index contributed by atoms with van der Waals surface area (Å²) >= 11 is 1.72. The molecule has 0 unspecified atom stereocenters. The topological polar surface area (TPSA) is 12.0 Å². The van der Waals surface area contributed by atoms with E-state index in [1.165, 1.54) is 27.7 Å². The maximum Gasteiger partial charge on any atom is 0.123 e. The van der Waals surface area contributed by atoms with E-state index >= 15 is 0 Å². The second kappa shape index (κ2) is 6.67. The molecule has 0 aromatic heterocycles. The van der Waals surface area contributed by atoms with E-state index in [0.29, 0.717) is 0 Å². The summed E-state index contributed by atoms with van der Waals surface area (Å²) in [5, 5.41) is 3.36. The molecule has 0 aliphatic carbocycles. The van der Waals surface area contributed by atoms with Gasteiger partial charge in [-0.2, -0.15) is 0 Å². The lowest BCUT2D eigenvalue weighted by molar-refractivity contribution is 0.625. The first-order chi connectivity index (χ1) is 10.6. The Hall–Kier alpha value is -1.58. The molecule has 1 N–H and O–H groups in total. The smallest absolute Gasteiger partial charge is 0.123 e. The molecule has 22 heavy (non-hydrogen) atoms. The Bertz CT molecular complexity index is 721. The molecule has 2 aromatic rings. The predicted molar refractivity (Wildman–Crippen MR) is 91.9 cm³/mol. The number of nitrogens with one attached hydrogen (secondary N) is 1. The molecule has 1 aliphatic heterocycles. The summed E-state index contributed by atoms with van der Waals surface area (Å²) in [6, 6.07) is 11.6. The zero-order chi connectivity index (χ0) is 15.5. The lowest BCUT2D eigenvalue weighted by atomic mass is 9.99. The van der Waals surface area contributed by atoms with Crippen molar-refractivity contribution in [2.24, 2.45) is 0 Å². The minimum Gasteiger partial charge on any atom is -0.313 e. The molecule has 0 saturated heterocycles. The van der Waals surface area contributed by atoms with Gasteiger partial charge in [-0.05, 0) is 67.8 Å². The molecule has 1 nitrogen and oxygen atoms in total. The molecule has 3 rings (SSSR count). The van der Waals surface area contributed by atoms with Crippen molar-refractivity contribution < 1.29 is 4.39 Å². The van der Waals surface area contributed by atoms with Gasteiger partial charge >= 0.3 is 0 Å². The van der Waals surface area contributed by atoms with Crippen LogP contribution in [-0.2, 0) is 0 Å². The van der Waals surface area contributed by atoms with Crippen molar-refractivity contribution in [3.63, 3.8) is 0 Å². The second-order valence-corrected chi connectivity index (χ2v) is 6.78. The van der Waals surface area contributed by atoms with Gasteiger partial charge in [0.2, 0.25) is 0 Å². The lowest BCUT2D eigenvalue weighted by Gasteiger charge is -2.18. The second-order valence-electron chi connectivity index (χ2n) is 5.69. The quantitative estimate of drug-likeness (QED) is 0.858. The maximum absolute atomic E-state index is 13.3. The Morgan fingerprint density at radius 2 is 1.86 bits per heavy atom. The highest BCUT2D eigenvalue weighted by atomic mass is 32.2. The van der Waals surface area contributed by atoms with Crippen LogP contribution in [0.1, 0.15) is 23.1 Å². The largest absolute Gasteiger partial charge is 0.313 e. The normalized spacial score (nSPS) is 14.8. The predicted octanol–water partition coefficient (Wildman–Crippen LogP) is 4.97. The summed E-state index contributed by atoms with van der Waals surface area (Å²) in [5.41, 5.74) is 4.98. The van der Waals surface area contributed by atoms with E-state index in [1.54, 1.807) is 17.8 Å². The highest BCUT2D eigenvalue weighted by Crippen LogP contribution is 2.37. The SMILES string of the molecule is Cc1ccc(Sc2ccc(F)cc2C)c(C2=CCNCC2)c1. The fraction of sp³-hybridized carbons (Fsp3) is 0.263. The highest BCUT2D eigenvalue weighted by molar-refractivity contribution is 7.99. The first kappa shape index (κ1) is 15.3. The Morgan fingerprint density at radius 1 is 1.05 bits per heavy atom. The van der Waals surface area contributed by atoms with E-state index in [9.17, 15) is 4.39 Å². The summed E-state index contributed by atoms with van der Waals surface area (Å²) in [6.07, 6.45) is 3.33. The van der Waals surface area contributed by atoms with Crippen molar-refractivity contribution in [3.05, 3.63) is 65.0 Å². The van der Waals surface area contributed by atoms with Gasteiger partial charge < -0.3 is 5.32 Å². The Balaban J connectivity index is 1.98. The van der Waals surface area contributed by atoms with Crippen molar-refractivity contribution in [3.8, 4) is 0 Å². The van der Waals surface area contributed by atoms with Gasteiger partial charge in [-0.1, -0.05) is 35.5 Å². The number of benzene rings is 2. The van der Waals surface area contributed by atoms with Gasteiger partial charge in [0.15, 0.2) is 0 Å². The van der Waals surface area contributed by atoms with Crippen LogP contribution in [0.15, 0.2) is 52.3 Å². The van der Waals surface area contributed by atoms with Crippen LogP contribution >= 0.6 is 11.8 Å². The zero-order valence-corrected chi connectivity index (χ0v) is 13.8. The van der Waals surface area contributed by atoms with Gasteiger partial charge in [0.25, 0.3) is 0 Å². The van der Waals surface area contributed by atoms with Crippen molar-refractivity contribution in [2.45, 2.75) is 30.1 Å². The number of aryl methyl sites for hydroxylation is 2. The van der Waals surface area contributed by atoms with E-state index in [1.807, 2.05) is 13.0 Å². The average Bonchev–Trinajstić information content (AvgIpc) is 2.52. The molecule has 0 fully saturated rings. The monoisotopic (exact) mass is 313 g/mol. The summed E-state index contributed by atoms with van der Waals surface area (Å²) in [6.45, 7) is 6.05. The summed E-state index contributed by atoms with van der Waals surface area (Å²) in [7, 11) is 0. The maximum atomic E-state index is 13.3. The summed E-state index contributed by atoms with van der Waals surface area (Å²) in [4.78, 5) is 2.36. The third-order valence-corrected chi connectivity index (χ3v) is 5.16. The number of hydrogen-bond donors (Lipinski definition) is 1. The third-order valence-electron chi connectivity index (χ3n) is 3.90. The van der Waals surface area contributed by atoms with Crippen LogP contribution in [0.25, 0.3) is 5.57 Å². The van der Waals surface area contributed by atoms with E-state index < -0.39 is 0 Å². The van der Waals surface area contributed by atoms with Crippen LogP contribution in [0.4, 0.5) is 4.39 Å². The van der Waals surface area contributed by atoms with Gasteiger partial charge in [-0.3, -0.25) is 0 Å². The molecule has 0 atom stereocenters. The number of rotatable bonds is 3. The van der Waals surface area contributed by atoms with Gasteiger partial charge in [0.1, 0.15) is 5.82 Å². The molecule has 0 radical (unpaired) electrons. The molecule has 1 aliphatic rings. The molecule has 2 aromatic carbocycles. The standard InChI is InChI=1S/C19H20FNS/c1-13-3-5-19(17(11-13)15-7-9-21-10-8-15)22-18-6-4-16(20)12-14(18)2/h3-7,11-12,21H,8-10H2,1-2H3. The molecule has 0 amide bonds. The van der Waals surface area contributed by atoms with Crippen LogP contribution in [0.3, 0.4) is 0 Å². The summed E-state index contributed by atoms with van der Waals surface area (Å²) in [5.74, 6) is -0.174. The van der Waals surface area contributed by atoms with Gasteiger partial charge in [-0.15, -0.1) is 0 Å². The van der Waals surface area contributed by atoms with Gasteiger partial charge in [-0.25, -0.2) is 4.39 Å². The molecule has 1 heterocycles. The van der Waals surface area contributed by atoms with Crippen LogP contribution < -0.4 is 5.32 Å². The Kier molecular flexibility index (Phi) is 4.65. The molecule has 0 saturated carbocycles. The zero-order valence-electron chi connectivity index (χ0n) is 12.9. The van der Waals surface area contributed by atoms with Crippen LogP contribution in [0.5, 0.6) is 0 Å². The van der Waals surface area contributed by atoms with E-state index in [0.717, 1.165) is 30.0 Å². The minimum atomic E-state index is -0.174. The molecule has 3 heteroatoms. The van der Waals surface area contributed by atoms with Crippen LogP contribution in [0.2, 0.25) is 0 Å². The third kappa shape index (κ3) is 3.42. The molecular weight excluding hydrogens is 293 g/mol. The number of halogens is 1. The van der Waals surface area contributed by atoms with Crippen LogP contribution in [-0.4, -0.2) is 13.1 Å². The van der Waals surface area contributed by atoms with E-state index in [-0.39, 0.29) is 5.82 Å². The minimum absolute atomic E-state index is 0.174. The number of hydrogen-bond acceptors (Lipinski definition) is 2. The highest BCUT2D eigenvalue weighted by Gasteiger charge is 2.13. The van der Waals surface area contributed by atoms with E-state index in [4.69, 9.17) is 0 Å². The molecule has 0 spiro atoms. The molecule has 0 bridgehead atoms. The molecule has 114 valence electrons. The summed E-state index contributed by atoms with van der Waals surface area (Å²) < 4.78 is 13.3. The van der Waals surface area contributed by atoms with Crippen molar-refractivity contribution in [1.29, 1.82) is 0 Å². The van der Waals surface area contributed by atoms with Crippen molar-refractivity contribution >= 4 is 17.3 Å². The van der Waals surface area contributed by atoms with Crippen molar-refractivity contribution in [2.75, 3.05) is 13.1 Å². The van der Waals surface area contributed by atoms with Gasteiger partial charge in [0, 0.05) is 16.3 Å². The first-order valence-electron chi connectivity index (χ1n) is 7.58. The lowest BCUT2D eigenvalue weighted by Crippen LogP contribution is -2.20. The Morgan fingerprint density at radius 3 is 2.59 bits per heavy atom. The fourth-order valence-electron chi connectivity index (χ4n) is 2.70. The average molecular weight is 313 g/mol. The van der Waals surface area contributed by atoms with Crippen molar-refractivity contribution in [1.82, 2.24) is 5.32 Å². The van der Waals surface area contributed by atoms with Gasteiger partial charge in [0.05, 0.1) is 0 Å². The Labute approximate surface area is 135 Å². The first-order valence-corrected chi connectivity index (χ1v) is 8.40. The molecular formula is C19H20FNS.